The number of nitrogens with zero attached hydrogens (tertiary/aromatic N) is 1. The highest BCUT2D eigenvalue weighted by Gasteiger charge is 2.53. The highest BCUT2D eigenvalue weighted by Crippen LogP contribution is 2.60. The Balaban J connectivity index is 1.85. The number of nitriles is 1. The van der Waals surface area contributed by atoms with E-state index in [-0.39, 0.29) is 5.41 Å². The molecule has 2 aliphatic carbocycles. The van der Waals surface area contributed by atoms with Crippen molar-refractivity contribution >= 4 is 10.0 Å². The van der Waals surface area contributed by atoms with Gasteiger partial charge in [-0.2, -0.15) is 5.26 Å². The first-order valence-corrected chi connectivity index (χ1v) is 6.57. The van der Waals surface area contributed by atoms with E-state index in [2.05, 4.69) is 4.72 Å². The lowest BCUT2D eigenvalue weighted by molar-refractivity contribution is 0.432. The van der Waals surface area contributed by atoms with Crippen molar-refractivity contribution in [2.24, 2.45) is 11.3 Å². The minimum Gasteiger partial charge on any atom is -0.214 e. The maximum Gasteiger partial charge on any atom is 0.225 e. The molecule has 14 heavy (non-hydrogen) atoms. The molecule has 2 aliphatic rings. The molecule has 0 spiro atoms. The monoisotopic (exact) mass is 214 g/mol. The first-order valence-electron chi connectivity index (χ1n) is 4.92. The van der Waals surface area contributed by atoms with Crippen LogP contribution in [0.2, 0.25) is 0 Å². The van der Waals surface area contributed by atoms with Gasteiger partial charge in [0.25, 0.3) is 0 Å². The molecule has 0 radical (unpaired) electrons. The lowest BCUT2D eigenvalue weighted by Crippen LogP contribution is -2.32. The van der Waals surface area contributed by atoms with Crippen molar-refractivity contribution in [1.29, 1.82) is 5.26 Å². The molecule has 0 amide bonds. The molecule has 0 bridgehead atoms. The van der Waals surface area contributed by atoms with Crippen molar-refractivity contribution in [2.45, 2.75) is 25.7 Å². The van der Waals surface area contributed by atoms with Crippen LogP contribution in [0, 0.1) is 22.7 Å². The summed E-state index contributed by atoms with van der Waals surface area (Å²) in [6.07, 6.45) is 4.79. The summed E-state index contributed by atoms with van der Waals surface area (Å²) < 4.78 is 25.0. The molecule has 0 aromatic carbocycles. The van der Waals surface area contributed by atoms with Crippen LogP contribution in [0.25, 0.3) is 0 Å². The summed E-state index contributed by atoms with van der Waals surface area (Å²) in [5, 5.41) is 8.30. The third kappa shape index (κ3) is 2.07. The van der Waals surface area contributed by atoms with Gasteiger partial charge in [0.2, 0.25) is 10.0 Å². The molecule has 2 fully saturated rings. The summed E-state index contributed by atoms with van der Waals surface area (Å²) in [6, 6.07) is 1.66. The quantitative estimate of drug-likeness (QED) is 0.729. The number of hydrogen-bond donors (Lipinski definition) is 1. The Hall–Kier alpha value is -0.600. The van der Waals surface area contributed by atoms with Gasteiger partial charge in [0, 0.05) is 6.54 Å². The summed E-state index contributed by atoms with van der Waals surface area (Å²) in [5.74, 6) is 0.320. The van der Waals surface area contributed by atoms with Gasteiger partial charge < -0.3 is 0 Å². The molecule has 2 rings (SSSR count). The molecule has 0 aromatic rings. The standard InChI is InChI=1S/C9H14N2O2S/c10-5-6-14(12,13)11-7-9(3-4-9)8-1-2-8/h8,11H,1-4,6-7H2. The Bertz CT molecular complexity index is 361. The first kappa shape index (κ1) is 9.94. The van der Waals surface area contributed by atoms with Crippen LogP contribution in [0.4, 0.5) is 0 Å². The lowest BCUT2D eigenvalue weighted by Gasteiger charge is -2.13. The Morgan fingerprint density at radius 2 is 2.07 bits per heavy atom. The third-order valence-corrected chi connectivity index (χ3v) is 4.33. The van der Waals surface area contributed by atoms with Crippen LogP contribution in [0.1, 0.15) is 25.7 Å². The first-order chi connectivity index (χ1) is 6.58. The summed E-state index contributed by atoms with van der Waals surface area (Å²) in [5.41, 5.74) is 0.266. The Morgan fingerprint density at radius 1 is 1.43 bits per heavy atom. The molecule has 2 saturated carbocycles. The van der Waals surface area contributed by atoms with E-state index in [1.807, 2.05) is 0 Å². The van der Waals surface area contributed by atoms with Crippen molar-refractivity contribution in [3.05, 3.63) is 0 Å². The topological polar surface area (TPSA) is 70.0 Å². The van der Waals surface area contributed by atoms with E-state index >= 15 is 0 Å². The van der Waals surface area contributed by atoms with Gasteiger partial charge >= 0.3 is 0 Å². The fourth-order valence-electron chi connectivity index (χ4n) is 1.98. The van der Waals surface area contributed by atoms with Gasteiger partial charge in [0.1, 0.15) is 0 Å². The van der Waals surface area contributed by atoms with Crippen molar-refractivity contribution < 1.29 is 8.42 Å². The summed E-state index contributed by atoms with van der Waals surface area (Å²) in [6.45, 7) is 0.543. The van der Waals surface area contributed by atoms with E-state index in [4.69, 9.17) is 5.26 Å². The smallest absolute Gasteiger partial charge is 0.214 e. The largest absolute Gasteiger partial charge is 0.225 e. The predicted molar refractivity (Wildman–Crippen MR) is 51.8 cm³/mol. The maximum absolute atomic E-state index is 11.2. The molecule has 0 saturated heterocycles. The minimum atomic E-state index is -3.34. The Kier molecular flexibility index (Phi) is 2.28. The summed E-state index contributed by atoms with van der Waals surface area (Å²) in [7, 11) is -3.34. The average Bonchev–Trinajstić information content (AvgIpc) is 2.96. The average molecular weight is 214 g/mol. The molecule has 1 N–H and O–H groups in total. The second kappa shape index (κ2) is 3.21. The SMILES string of the molecule is N#CCS(=O)(=O)NCC1(C2CC2)CC1. The second-order valence-electron chi connectivity index (χ2n) is 4.37. The highest BCUT2D eigenvalue weighted by atomic mass is 32.2. The molecule has 0 aliphatic heterocycles. The minimum absolute atomic E-state index is 0.266. The van der Waals surface area contributed by atoms with Crippen molar-refractivity contribution in [3.8, 4) is 6.07 Å². The van der Waals surface area contributed by atoms with Gasteiger partial charge in [-0.3, -0.25) is 0 Å². The molecular formula is C9H14N2O2S. The van der Waals surface area contributed by atoms with Gasteiger partial charge in [-0.25, -0.2) is 13.1 Å². The normalized spacial score (nSPS) is 24.2. The van der Waals surface area contributed by atoms with E-state index in [9.17, 15) is 8.42 Å². The number of hydrogen-bond acceptors (Lipinski definition) is 3. The van der Waals surface area contributed by atoms with E-state index in [1.165, 1.54) is 12.8 Å². The Morgan fingerprint density at radius 3 is 2.50 bits per heavy atom. The molecule has 78 valence electrons. The van der Waals surface area contributed by atoms with E-state index in [0.29, 0.717) is 6.54 Å². The Labute approximate surface area is 84.4 Å². The zero-order valence-corrected chi connectivity index (χ0v) is 8.81. The molecule has 5 heteroatoms. The summed E-state index contributed by atoms with van der Waals surface area (Å²) in [4.78, 5) is 0. The number of sulfonamides is 1. The van der Waals surface area contributed by atoms with Crippen molar-refractivity contribution in [1.82, 2.24) is 4.72 Å². The molecule has 0 aromatic heterocycles. The van der Waals surface area contributed by atoms with Crippen LogP contribution in [0.15, 0.2) is 0 Å². The van der Waals surface area contributed by atoms with Crippen LogP contribution in [-0.2, 0) is 10.0 Å². The van der Waals surface area contributed by atoms with E-state index < -0.39 is 15.8 Å². The van der Waals surface area contributed by atoms with Crippen molar-refractivity contribution in [3.63, 3.8) is 0 Å². The van der Waals surface area contributed by atoms with Crippen LogP contribution in [-0.4, -0.2) is 20.7 Å². The van der Waals surface area contributed by atoms with Gasteiger partial charge in [0.15, 0.2) is 5.75 Å². The summed E-state index contributed by atoms with van der Waals surface area (Å²) >= 11 is 0. The maximum atomic E-state index is 11.2. The molecule has 0 atom stereocenters. The third-order valence-electron chi connectivity index (χ3n) is 3.23. The highest BCUT2D eigenvalue weighted by molar-refractivity contribution is 7.89. The van der Waals surface area contributed by atoms with Gasteiger partial charge in [0.05, 0.1) is 6.07 Å². The van der Waals surface area contributed by atoms with E-state index in [1.54, 1.807) is 6.07 Å². The number of rotatable bonds is 5. The van der Waals surface area contributed by atoms with Crippen molar-refractivity contribution in [2.75, 3.05) is 12.3 Å². The van der Waals surface area contributed by atoms with Crippen LogP contribution < -0.4 is 4.72 Å². The van der Waals surface area contributed by atoms with Crippen LogP contribution in [0.3, 0.4) is 0 Å². The van der Waals surface area contributed by atoms with Crippen LogP contribution in [0.5, 0.6) is 0 Å². The predicted octanol–water partition coefficient (Wildman–Crippen LogP) is 0.620. The van der Waals surface area contributed by atoms with Gasteiger partial charge in [-0.05, 0) is 37.0 Å². The van der Waals surface area contributed by atoms with Crippen LogP contribution >= 0.6 is 0 Å². The number of nitrogens with one attached hydrogen (secondary N) is 1. The van der Waals surface area contributed by atoms with Gasteiger partial charge in [-0.1, -0.05) is 0 Å². The van der Waals surface area contributed by atoms with Gasteiger partial charge in [-0.15, -0.1) is 0 Å². The fraction of sp³-hybridized carbons (Fsp3) is 0.889. The second-order valence-corrected chi connectivity index (χ2v) is 6.18. The van der Waals surface area contributed by atoms with E-state index in [0.717, 1.165) is 18.8 Å². The molecule has 0 unspecified atom stereocenters. The zero-order valence-electron chi connectivity index (χ0n) is 7.99. The fourth-order valence-corrected chi connectivity index (χ4v) is 2.75. The molecule has 4 nitrogen and oxygen atoms in total. The molecule has 0 heterocycles. The lowest BCUT2D eigenvalue weighted by atomic mass is 10.0. The molecular weight excluding hydrogens is 200 g/mol. The zero-order chi connectivity index (χ0) is 10.2.